The van der Waals surface area contributed by atoms with Crippen molar-refractivity contribution >= 4 is 22.8 Å². The van der Waals surface area contributed by atoms with Crippen LogP contribution in [-0.2, 0) is 9.53 Å². The molecule has 1 aromatic carbocycles. The number of halogens is 1. The first-order valence-corrected chi connectivity index (χ1v) is 6.72. The largest absolute Gasteiger partial charge is 0.496 e. The van der Waals surface area contributed by atoms with Crippen LogP contribution in [0.4, 0.5) is 4.39 Å². The van der Waals surface area contributed by atoms with Gasteiger partial charge in [0.2, 0.25) is 0 Å². The molecule has 1 unspecified atom stereocenters. The quantitative estimate of drug-likeness (QED) is 0.748. The predicted octanol–water partition coefficient (Wildman–Crippen LogP) is 1.54. The number of carboxylic acids is 1. The van der Waals surface area contributed by atoms with Crippen LogP contribution in [0.25, 0.3) is 10.9 Å². The maximum atomic E-state index is 13.8. The SMILES string of the molecule is COCC(C)(NC(=O)c1cc2c(OC)ccc(F)c2[nH]1)C(=O)O. The molecular weight excluding hydrogens is 307 g/mol. The number of benzene rings is 1. The summed E-state index contributed by atoms with van der Waals surface area (Å²) in [6.07, 6.45) is 0. The first-order valence-electron chi connectivity index (χ1n) is 6.72. The van der Waals surface area contributed by atoms with E-state index in [9.17, 15) is 19.1 Å². The number of aliphatic carboxylic acids is 1. The summed E-state index contributed by atoms with van der Waals surface area (Å²) in [6.45, 7) is 1.10. The zero-order valence-corrected chi connectivity index (χ0v) is 12.9. The number of fused-ring (bicyclic) bond motifs is 1. The molecule has 0 fully saturated rings. The van der Waals surface area contributed by atoms with Crippen molar-refractivity contribution in [1.29, 1.82) is 0 Å². The van der Waals surface area contributed by atoms with Crippen LogP contribution in [0.2, 0.25) is 0 Å². The van der Waals surface area contributed by atoms with Gasteiger partial charge in [0, 0.05) is 12.5 Å². The maximum absolute atomic E-state index is 13.8. The number of aromatic amines is 1. The van der Waals surface area contributed by atoms with Crippen molar-refractivity contribution in [2.45, 2.75) is 12.5 Å². The molecule has 124 valence electrons. The van der Waals surface area contributed by atoms with Gasteiger partial charge in [0.25, 0.3) is 5.91 Å². The molecule has 7 nitrogen and oxygen atoms in total. The van der Waals surface area contributed by atoms with E-state index in [1.54, 1.807) is 0 Å². The summed E-state index contributed by atoms with van der Waals surface area (Å²) < 4.78 is 23.8. The second-order valence-electron chi connectivity index (χ2n) is 5.25. The van der Waals surface area contributed by atoms with Gasteiger partial charge in [0.05, 0.1) is 19.2 Å². The lowest BCUT2D eigenvalue weighted by Gasteiger charge is -2.24. The van der Waals surface area contributed by atoms with Crippen molar-refractivity contribution in [2.75, 3.05) is 20.8 Å². The molecule has 0 aliphatic heterocycles. The van der Waals surface area contributed by atoms with Gasteiger partial charge in [0.15, 0.2) is 5.54 Å². The van der Waals surface area contributed by atoms with E-state index in [0.29, 0.717) is 11.1 Å². The first kappa shape index (κ1) is 16.8. The molecule has 0 radical (unpaired) electrons. The molecule has 0 spiro atoms. The van der Waals surface area contributed by atoms with Crippen LogP contribution < -0.4 is 10.1 Å². The zero-order chi connectivity index (χ0) is 17.2. The van der Waals surface area contributed by atoms with Crippen LogP contribution in [-0.4, -0.2) is 48.3 Å². The van der Waals surface area contributed by atoms with Crippen LogP contribution >= 0.6 is 0 Å². The molecule has 3 N–H and O–H groups in total. The Morgan fingerprint density at radius 2 is 2.09 bits per heavy atom. The van der Waals surface area contributed by atoms with Gasteiger partial charge >= 0.3 is 5.97 Å². The molecule has 0 bridgehead atoms. The molecule has 2 rings (SSSR count). The molecule has 1 heterocycles. The smallest absolute Gasteiger partial charge is 0.331 e. The third-order valence-electron chi connectivity index (χ3n) is 3.46. The number of hydrogen-bond acceptors (Lipinski definition) is 4. The minimum absolute atomic E-state index is 0.0204. The molecule has 23 heavy (non-hydrogen) atoms. The average Bonchev–Trinajstić information content (AvgIpc) is 2.94. The van der Waals surface area contributed by atoms with Crippen molar-refractivity contribution in [3.63, 3.8) is 0 Å². The number of carbonyl (C=O) groups is 2. The summed E-state index contributed by atoms with van der Waals surface area (Å²) in [5, 5.41) is 12.0. The zero-order valence-electron chi connectivity index (χ0n) is 12.9. The van der Waals surface area contributed by atoms with E-state index < -0.39 is 23.2 Å². The second-order valence-corrected chi connectivity index (χ2v) is 5.25. The molecule has 0 aliphatic carbocycles. The number of hydrogen-bond donors (Lipinski definition) is 3. The molecule has 8 heteroatoms. The third kappa shape index (κ3) is 3.11. The van der Waals surface area contributed by atoms with E-state index in [4.69, 9.17) is 9.47 Å². The van der Waals surface area contributed by atoms with E-state index in [-0.39, 0.29) is 17.8 Å². The fourth-order valence-electron chi connectivity index (χ4n) is 2.22. The monoisotopic (exact) mass is 324 g/mol. The van der Waals surface area contributed by atoms with Crippen molar-refractivity contribution < 1.29 is 28.6 Å². The first-order chi connectivity index (χ1) is 10.8. The minimum Gasteiger partial charge on any atom is -0.496 e. The van der Waals surface area contributed by atoms with E-state index >= 15 is 0 Å². The highest BCUT2D eigenvalue weighted by molar-refractivity contribution is 6.01. The topological polar surface area (TPSA) is 101 Å². The van der Waals surface area contributed by atoms with Crippen molar-refractivity contribution in [3.05, 3.63) is 29.7 Å². The molecule has 0 saturated carbocycles. The Kier molecular flexibility index (Phi) is 4.55. The number of H-pyrrole nitrogens is 1. The highest BCUT2D eigenvalue weighted by Gasteiger charge is 2.35. The van der Waals surface area contributed by atoms with Crippen molar-refractivity contribution in [2.24, 2.45) is 0 Å². The Bertz CT molecular complexity index is 758. The van der Waals surface area contributed by atoms with Crippen LogP contribution in [0.5, 0.6) is 5.75 Å². The highest BCUT2D eigenvalue weighted by atomic mass is 19.1. The number of ether oxygens (including phenoxy) is 2. The van der Waals surface area contributed by atoms with Gasteiger partial charge in [-0.2, -0.15) is 0 Å². The number of amides is 1. The van der Waals surface area contributed by atoms with Gasteiger partial charge in [-0.3, -0.25) is 4.79 Å². The summed E-state index contributed by atoms with van der Waals surface area (Å²) in [5.74, 6) is -2.08. The molecular formula is C15H17FN2O5. The Labute approximate surface area is 131 Å². The van der Waals surface area contributed by atoms with Gasteiger partial charge in [-0.1, -0.05) is 0 Å². The number of aromatic nitrogens is 1. The minimum atomic E-state index is -1.61. The van der Waals surface area contributed by atoms with Crippen LogP contribution in [0.15, 0.2) is 18.2 Å². The lowest BCUT2D eigenvalue weighted by molar-refractivity contribution is -0.145. The number of nitrogens with one attached hydrogen (secondary N) is 2. The normalized spacial score (nSPS) is 13.6. The van der Waals surface area contributed by atoms with Crippen LogP contribution in [0, 0.1) is 5.82 Å². The summed E-state index contributed by atoms with van der Waals surface area (Å²) in [6, 6.07) is 4.06. The Hall–Kier alpha value is -2.61. The number of methoxy groups -OCH3 is 2. The van der Waals surface area contributed by atoms with Gasteiger partial charge in [-0.15, -0.1) is 0 Å². The Balaban J connectivity index is 2.38. The average molecular weight is 324 g/mol. The predicted molar refractivity (Wildman–Crippen MR) is 80.2 cm³/mol. The third-order valence-corrected chi connectivity index (χ3v) is 3.46. The van der Waals surface area contributed by atoms with Crippen molar-refractivity contribution in [3.8, 4) is 5.75 Å². The lowest BCUT2D eigenvalue weighted by atomic mass is 10.0. The summed E-state index contributed by atoms with van der Waals surface area (Å²) in [7, 11) is 2.76. The summed E-state index contributed by atoms with van der Waals surface area (Å²) in [4.78, 5) is 26.3. The van der Waals surface area contributed by atoms with E-state index in [1.807, 2.05) is 0 Å². The molecule has 0 aliphatic rings. The van der Waals surface area contributed by atoms with Crippen LogP contribution in [0.1, 0.15) is 17.4 Å². The van der Waals surface area contributed by atoms with Gasteiger partial charge < -0.3 is 24.9 Å². The standard InChI is InChI=1S/C15H17FN2O5/c1-15(7-22-2,14(20)21)18-13(19)10-6-8-11(23-3)5-4-9(16)12(8)17-10/h4-6,17H,7H2,1-3H3,(H,18,19)(H,20,21). The van der Waals surface area contributed by atoms with Gasteiger partial charge in [0.1, 0.15) is 17.3 Å². The molecule has 1 atom stereocenters. The maximum Gasteiger partial charge on any atom is 0.331 e. The summed E-state index contributed by atoms with van der Waals surface area (Å²) >= 11 is 0. The van der Waals surface area contributed by atoms with Gasteiger partial charge in [-0.05, 0) is 25.1 Å². The number of carbonyl (C=O) groups excluding carboxylic acids is 1. The molecule has 2 aromatic rings. The molecule has 1 aromatic heterocycles. The lowest BCUT2D eigenvalue weighted by Crippen LogP contribution is -2.55. The number of carboxylic acid groups (broad SMARTS) is 1. The van der Waals surface area contributed by atoms with Crippen LogP contribution in [0.3, 0.4) is 0 Å². The second kappa shape index (κ2) is 6.25. The van der Waals surface area contributed by atoms with Gasteiger partial charge in [-0.25, -0.2) is 9.18 Å². The summed E-state index contributed by atoms with van der Waals surface area (Å²) in [5.41, 5.74) is -1.48. The highest BCUT2D eigenvalue weighted by Crippen LogP contribution is 2.28. The number of rotatable bonds is 6. The molecule has 1 amide bonds. The van der Waals surface area contributed by atoms with E-state index in [2.05, 4.69) is 10.3 Å². The van der Waals surface area contributed by atoms with E-state index in [1.165, 1.54) is 39.3 Å². The molecule has 0 saturated heterocycles. The Morgan fingerprint density at radius 1 is 1.39 bits per heavy atom. The fourth-order valence-corrected chi connectivity index (χ4v) is 2.22. The van der Waals surface area contributed by atoms with Crippen molar-refractivity contribution in [1.82, 2.24) is 10.3 Å². The Morgan fingerprint density at radius 3 is 2.65 bits per heavy atom. The van der Waals surface area contributed by atoms with E-state index in [0.717, 1.165) is 0 Å². The fraction of sp³-hybridized carbons (Fsp3) is 0.333.